The van der Waals surface area contributed by atoms with Crippen molar-refractivity contribution in [1.29, 1.82) is 0 Å². The third-order valence-corrected chi connectivity index (χ3v) is 2.85. The third-order valence-electron chi connectivity index (χ3n) is 2.85. The van der Waals surface area contributed by atoms with Crippen molar-refractivity contribution in [3.8, 4) is 5.88 Å². The van der Waals surface area contributed by atoms with E-state index in [2.05, 4.69) is 9.97 Å². The highest BCUT2D eigenvalue weighted by molar-refractivity contribution is 5.15. The van der Waals surface area contributed by atoms with E-state index in [1.54, 1.807) is 12.4 Å². The molecule has 0 spiro atoms. The van der Waals surface area contributed by atoms with Crippen molar-refractivity contribution in [2.75, 3.05) is 0 Å². The summed E-state index contributed by atoms with van der Waals surface area (Å²) in [6.07, 6.45) is 7.90. The molecule has 0 bridgehead atoms. The van der Waals surface area contributed by atoms with Crippen LogP contribution in [0.4, 0.5) is 0 Å². The Labute approximate surface area is 89.9 Å². The smallest absolute Gasteiger partial charge is 0.235 e. The van der Waals surface area contributed by atoms with Gasteiger partial charge in [0.15, 0.2) is 0 Å². The van der Waals surface area contributed by atoms with Crippen LogP contribution in [0.1, 0.15) is 31.4 Å². The van der Waals surface area contributed by atoms with E-state index in [0.717, 1.165) is 18.5 Å². The van der Waals surface area contributed by atoms with E-state index in [0.29, 0.717) is 5.88 Å². The van der Waals surface area contributed by atoms with Gasteiger partial charge in [0, 0.05) is 18.4 Å². The van der Waals surface area contributed by atoms with Crippen LogP contribution in [-0.2, 0) is 0 Å². The van der Waals surface area contributed by atoms with E-state index in [1.165, 1.54) is 12.8 Å². The average Bonchev–Trinajstić information content (AvgIpc) is 2.24. The lowest BCUT2D eigenvalue weighted by atomic mass is 9.93. The van der Waals surface area contributed by atoms with Crippen LogP contribution in [-0.4, -0.2) is 22.1 Å². The van der Waals surface area contributed by atoms with Gasteiger partial charge in [-0.2, -0.15) is 0 Å². The predicted molar refractivity (Wildman–Crippen MR) is 57.6 cm³/mol. The largest absolute Gasteiger partial charge is 0.471 e. The summed E-state index contributed by atoms with van der Waals surface area (Å²) in [6.45, 7) is 1.90. The molecule has 1 aromatic rings. The Bertz CT molecular complexity index is 329. The van der Waals surface area contributed by atoms with Gasteiger partial charge in [-0.15, -0.1) is 0 Å². The number of aryl methyl sites for hydroxylation is 1. The van der Waals surface area contributed by atoms with Gasteiger partial charge >= 0.3 is 0 Å². The normalized spacial score (nSPS) is 26.3. The summed E-state index contributed by atoms with van der Waals surface area (Å²) in [7, 11) is 0. The zero-order chi connectivity index (χ0) is 10.7. The van der Waals surface area contributed by atoms with Crippen molar-refractivity contribution >= 4 is 0 Å². The molecule has 0 saturated heterocycles. The standard InChI is InChI=1S/C11H17N3O/c1-8-11(14-7-6-13-8)15-10-5-3-2-4-9(10)12/h6-7,9-10H,2-5,12H2,1H3. The molecule has 4 heteroatoms. The minimum absolute atomic E-state index is 0.106. The van der Waals surface area contributed by atoms with Crippen molar-refractivity contribution < 1.29 is 4.74 Å². The summed E-state index contributed by atoms with van der Waals surface area (Å²) in [5, 5.41) is 0. The molecule has 1 heterocycles. The number of nitrogens with zero attached hydrogens (tertiary/aromatic N) is 2. The summed E-state index contributed by atoms with van der Waals surface area (Å²) in [6, 6.07) is 0.139. The fourth-order valence-corrected chi connectivity index (χ4v) is 1.93. The first kappa shape index (κ1) is 10.4. The van der Waals surface area contributed by atoms with Gasteiger partial charge in [-0.25, -0.2) is 4.98 Å². The summed E-state index contributed by atoms with van der Waals surface area (Å²) < 4.78 is 5.80. The number of hydrogen-bond donors (Lipinski definition) is 1. The van der Waals surface area contributed by atoms with E-state index in [-0.39, 0.29) is 12.1 Å². The molecule has 1 saturated carbocycles. The summed E-state index contributed by atoms with van der Waals surface area (Å²) in [5.41, 5.74) is 6.83. The van der Waals surface area contributed by atoms with Gasteiger partial charge in [0.25, 0.3) is 0 Å². The maximum absolute atomic E-state index is 6.00. The van der Waals surface area contributed by atoms with E-state index in [4.69, 9.17) is 10.5 Å². The highest BCUT2D eigenvalue weighted by Gasteiger charge is 2.24. The second kappa shape index (κ2) is 4.57. The van der Waals surface area contributed by atoms with Gasteiger partial charge in [-0.05, 0) is 26.2 Å². The van der Waals surface area contributed by atoms with Gasteiger partial charge in [-0.3, -0.25) is 4.98 Å². The third kappa shape index (κ3) is 2.45. The maximum Gasteiger partial charge on any atom is 0.235 e. The number of hydrogen-bond acceptors (Lipinski definition) is 4. The van der Waals surface area contributed by atoms with Crippen LogP contribution in [0.15, 0.2) is 12.4 Å². The van der Waals surface area contributed by atoms with Crippen molar-refractivity contribution in [2.45, 2.75) is 44.8 Å². The Morgan fingerprint density at radius 2 is 2.00 bits per heavy atom. The average molecular weight is 207 g/mol. The molecule has 2 atom stereocenters. The van der Waals surface area contributed by atoms with Crippen LogP contribution in [0.5, 0.6) is 5.88 Å². The van der Waals surface area contributed by atoms with Gasteiger partial charge in [0.1, 0.15) is 6.10 Å². The minimum atomic E-state index is 0.106. The maximum atomic E-state index is 6.00. The zero-order valence-electron chi connectivity index (χ0n) is 9.02. The number of aromatic nitrogens is 2. The summed E-state index contributed by atoms with van der Waals surface area (Å²) >= 11 is 0. The molecule has 4 nitrogen and oxygen atoms in total. The first-order chi connectivity index (χ1) is 7.27. The first-order valence-electron chi connectivity index (χ1n) is 5.47. The molecule has 1 aliphatic rings. The minimum Gasteiger partial charge on any atom is -0.471 e. The van der Waals surface area contributed by atoms with Crippen molar-refractivity contribution in [2.24, 2.45) is 5.73 Å². The first-order valence-corrected chi connectivity index (χ1v) is 5.47. The van der Waals surface area contributed by atoms with Crippen molar-refractivity contribution in [3.05, 3.63) is 18.1 Å². The van der Waals surface area contributed by atoms with Crippen LogP contribution < -0.4 is 10.5 Å². The molecule has 0 aromatic carbocycles. The second-order valence-electron chi connectivity index (χ2n) is 4.05. The van der Waals surface area contributed by atoms with E-state index in [9.17, 15) is 0 Å². The Kier molecular flexibility index (Phi) is 3.16. The number of ether oxygens (including phenoxy) is 1. The Hall–Kier alpha value is -1.16. The molecule has 82 valence electrons. The molecule has 0 radical (unpaired) electrons. The van der Waals surface area contributed by atoms with Crippen molar-refractivity contribution in [3.63, 3.8) is 0 Å². The highest BCUT2D eigenvalue weighted by Crippen LogP contribution is 2.22. The molecular formula is C11H17N3O. The molecule has 0 amide bonds. The summed E-state index contributed by atoms with van der Waals surface area (Å²) in [4.78, 5) is 8.31. The van der Waals surface area contributed by atoms with E-state index in [1.807, 2.05) is 6.92 Å². The Morgan fingerprint density at radius 3 is 2.73 bits per heavy atom. The van der Waals surface area contributed by atoms with Crippen LogP contribution in [0.25, 0.3) is 0 Å². The molecular weight excluding hydrogens is 190 g/mol. The van der Waals surface area contributed by atoms with Crippen LogP contribution >= 0.6 is 0 Å². The second-order valence-corrected chi connectivity index (χ2v) is 4.05. The quantitative estimate of drug-likeness (QED) is 0.797. The highest BCUT2D eigenvalue weighted by atomic mass is 16.5. The summed E-state index contributed by atoms with van der Waals surface area (Å²) in [5.74, 6) is 0.625. The lowest BCUT2D eigenvalue weighted by molar-refractivity contribution is 0.125. The van der Waals surface area contributed by atoms with E-state index < -0.39 is 0 Å². The van der Waals surface area contributed by atoms with Crippen molar-refractivity contribution in [1.82, 2.24) is 9.97 Å². The number of nitrogens with two attached hydrogens (primary N) is 1. The topological polar surface area (TPSA) is 61.0 Å². The number of rotatable bonds is 2. The molecule has 0 aliphatic heterocycles. The van der Waals surface area contributed by atoms with Gasteiger partial charge < -0.3 is 10.5 Å². The monoisotopic (exact) mass is 207 g/mol. The fourth-order valence-electron chi connectivity index (χ4n) is 1.93. The molecule has 2 N–H and O–H groups in total. The fraction of sp³-hybridized carbons (Fsp3) is 0.636. The molecule has 2 unspecified atom stereocenters. The molecule has 15 heavy (non-hydrogen) atoms. The molecule has 2 rings (SSSR count). The molecule has 1 fully saturated rings. The van der Waals surface area contributed by atoms with Crippen LogP contribution in [0, 0.1) is 6.92 Å². The van der Waals surface area contributed by atoms with Gasteiger partial charge in [0.05, 0.1) is 5.69 Å². The zero-order valence-corrected chi connectivity index (χ0v) is 9.02. The van der Waals surface area contributed by atoms with E-state index >= 15 is 0 Å². The lowest BCUT2D eigenvalue weighted by Gasteiger charge is -2.28. The molecule has 1 aromatic heterocycles. The predicted octanol–water partition coefficient (Wildman–Crippen LogP) is 1.43. The lowest BCUT2D eigenvalue weighted by Crippen LogP contribution is -2.41. The Morgan fingerprint density at radius 1 is 1.27 bits per heavy atom. The van der Waals surface area contributed by atoms with Gasteiger partial charge in [0.2, 0.25) is 5.88 Å². The SMILES string of the molecule is Cc1nccnc1OC1CCCCC1N. The van der Waals surface area contributed by atoms with Gasteiger partial charge in [-0.1, -0.05) is 6.42 Å². The Balaban J connectivity index is 2.04. The molecule has 1 aliphatic carbocycles. The van der Waals surface area contributed by atoms with Crippen LogP contribution in [0.2, 0.25) is 0 Å². The van der Waals surface area contributed by atoms with Crippen LogP contribution in [0.3, 0.4) is 0 Å².